The van der Waals surface area contributed by atoms with Gasteiger partial charge in [-0.3, -0.25) is 9.69 Å². The van der Waals surface area contributed by atoms with Crippen LogP contribution >= 0.6 is 34.7 Å². The molecule has 4 nitrogen and oxygen atoms in total. The highest BCUT2D eigenvalue weighted by Crippen LogP contribution is 2.52. The molecule has 1 aliphatic heterocycles. The van der Waals surface area contributed by atoms with E-state index in [2.05, 4.69) is 39.8 Å². The van der Waals surface area contributed by atoms with Gasteiger partial charge in [-0.1, -0.05) is 45.4 Å². The lowest BCUT2D eigenvalue weighted by molar-refractivity contribution is -0.118. The van der Waals surface area contributed by atoms with Crippen molar-refractivity contribution >= 4 is 46.2 Å². The van der Waals surface area contributed by atoms with Gasteiger partial charge in [-0.25, -0.2) is 0 Å². The maximum Gasteiger partial charge on any atom is 0.162 e. The molecular weight excluding hydrogens is 470 g/mol. The second-order valence-corrected chi connectivity index (χ2v) is 12.3. The first-order valence-electron chi connectivity index (χ1n) is 11.2. The number of aryl methyl sites for hydroxylation is 1. The van der Waals surface area contributed by atoms with Crippen LogP contribution in [0.2, 0.25) is 5.02 Å². The second-order valence-electron chi connectivity index (χ2n) is 9.20. The van der Waals surface area contributed by atoms with Gasteiger partial charge in [0.25, 0.3) is 0 Å². The number of nitrogens with zero attached hydrogens (tertiary/aromatic N) is 2. The Balaban J connectivity index is 2.01. The summed E-state index contributed by atoms with van der Waals surface area (Å²) in [5, 5.41) is 10.9. The summed E-state index contributed by atoms with van der Waals surface area (Å²) in [6.45, 7) is 8.47. The number of hydrogen-bond acceptors (Lipinski definition) is 6. The SMILES string of the molecule is CCSc1sc(CC)cc1C1C(C#N)=C(N)N(c2cccc(Cl)c2)C2=C1C(=O)CC(C)(C)C2. The van der Waals surface area contributed by atoms with E-state index >= 15 is 0 Å². The van der Waals surface area contributed by atoms with E-state index in [4.69, 9.17) is 17.3 Å². The smallest absolute Gasteiger partial charge is 0.162 e. The Kier molecular flexibility index (Phi) is 6.68. The highest BCUT2D eigenvalue weighted by Gasteiger charge is 2.45. The van der Waals surface area contributed by atoms with E-state index in [0.29, 0.717) is 34.8 Å². The summed E-state index contributed by atoms with van der Waals surface area (Å²) < 4.78 is 1.17. The standard InChI is InChI=1S/C26H28ClN3OS2/c1-5-17-11-18(25(33-17)32-6-2)22-19(14-28)24(29)30(16-9-7-8-15(27)10-16)20-12-26(3,4)13-21(31)23(20)22/h7-11,22H,5-6,12-13,29H2,1-4H3. The van der Waals surface area contributed by atoms with E-state index in [1.54, 1.807) is 29.2 Å². The van der Waals surface area contributed by atoms with Crippen LogP contribution in [0.3, 0.4) is 0 Å². The van der Waals surface area contributed by atoms with Crippen LogP contribution in [0.25, 0.3) is 0 Å². The Morgan fingerprint density at radius 2 is 2.06 bits per heavy atom. The molecule has 172 valence electrons. The average Bonchev–Trinajstić information content (AvgIpc) is 3.15. The van der Waals surface area contributed by atoms with Crippen LogP contribution in [0.1, 0.15) is 56.9 Å². The maximum absolute atomic E-state index is 13.7. The lowest BCUT2D eigenvalue weighted by atomic mass is 9.69. The molecule has 0 radical (unpaired) electrons. The number of nitrogens with two attached hydrogens (primary N) is 1. The minimum atomic E-state index is -0.436. The second kappa shape index (κ2) is 9.21. The number of anilines is 1. The fourth-order valence-corrected chi connectivity index (χ4v) is 7.35. The van der Waals surface area contributed by atoms with Crippen molar-refractivity contribution in [1.82, 2.24) is 0 Å². The number of halogens is 1. The van der Waals surface area contributed by atoms with Gasteiger partial charge in [0.2, 0.25) is 0 Å². The zero-order valence-corrected chi connectivity index (χ0v) is 21.8. The van der Waals surface area contributed by atoms with Gasteiger partial charge >= 0.3 is 0 Å². The molecule has 1 aromatic heterocycles. The summed E-state index contributed by atoms with van der Waals surface area (Å²) in [6.07, 6.45) is 2.06. The lowest BCUT2D eigenvalue weighted by Gasteiger charge is -2.43. The summed E-state index contributed by atoms with van der Waals surface area (Å²) in [4.78, 5) is 16.8. The first-order valence-corrected chi connectivity index (χ1v) is 13.4. The van der Waals surface area contributed by atoms with Crippen LogP contribution in [-0.2, 0) is 11.2 Å². The largest absolute Gasteiger partial charge is 0.384 e. The number of thiophene rings is 1. The van der Waals surface area contributed by atoms with Crippen LogP contribution in [0, 0.1) is 16.7 Å². The van der Waals surface area contributed by atoms with E-state index in [-0.39, 0.29) is 11.2 Å². The third kappa shape index (κ3) is 4.35. The van der Waals surface area contributed by atoms with Crippen molar-refractivity contribution in [2.24, 2.45) is 11.1 Å². The molecule has 1 aromatic carbocycles. The quantitative estimate of drug-likeness (QED) is 0.449. The number of ketones is 1. The molecule has 1 unspecified atom stereocenters. The van der Waals surface area contributed by atoms with E-state index in [1.807, 2.05) is 23.1 Å². The van der Waals surface area contributed by atoms with Gasteiger partial charge in [0, 0.05) is 33.3 Å². The van der Waals surface area contributed by atoms with Gasteiger partial charge in [-0.05, 0) is 53.8 Å². The highest BCUT2D eigenvalue weighted by molar-refractivity contribution is 8.01. The van der Waals surface area contributed by atoms with Gasteiger partial charge < -0.3 is 5.73 Å². The van der Waals surface area contributed by atoms with Gasteiger partial charge in [-0.15, -0.1) is 23.1 Å². The molecule has 2 aromatic rings. The third-order valence-electron chi connectivity index (χ3n) is 6.16. The van der Waals surface area contributed by atoms with E-state index < -0.39 is 5.92 Å². The normalized spacial score (nSPS) is 20.2. The first-order chi connectivity index (χ1) is 15.7. The number of nitriles is 1. The molecule has 1 aliphatic carbocycles. The molecule has 4 rings (SSSR count). The number of allylic oxidation sites excluding steroid dienone is 3. The average molecular weight is 498 g/mol. The van der Waals surface area contributed by atoms with E-state index in [1.165, 1.54) is 9.09 Å². The van der Waals surface area contributed by atoms with Crippen molar-refractivity contribution in [3.05, 3.63) is 68.5 Å². The zero-order valence-electron chi connectivity index (χ0n) is 19.4. The molecule has 0 fully saturated rings. The van der Waals surface area contributed by atoms with Crippen LogP contribution in [0.15, 0.2) is 57.2 Å². The maximum atomic E-state index is 13.7. The molecule has 2 N–H and O–H groups in total. The van der Waals surface area contributed by atoms with Crippen molar-refractivity contribution in [2.45, 2.75) is 57.1 Å². The minimum Gasteiger partial charge on any atom is -0.384 e. The molecule has 0 saturated carbocycles. The lowest BCUT2D eigenvalue weighted by Crippen LogP contribution is -2.42. The van der Waals surface area contributed by atoms with Crippen molar-refractivity contribution in [2.75, 3.05) is 10.7 Å². The molecule has 0 spiro atoms. The Morgan fingerprint density at radius 1 is 1.30 bits per heavy atom. The van der Waals surface area contributed by atoms with E-state index in [0.717, 1.165) is 29.1 Å². The Hall–Kier alpha value is -2.20. The summed E-state index contributed by atoms with van der Waals surface area (Å²) in [5.41, 5.74) is 10.4. The number of carbonyl (C=O) groups excluding carboxylic acids is 1. The number of rotatable bonds is 5. The first kappa shape index (κ1) is 23.9. The van der Waals surface area contributed by atoms with Gasteiger partial charge in [0.1, 0.15) is 5.82 Å². The van der Waals surface area contributed by atoms with Gasteiger partial charge in [-0.2, -0.15) is 5.26 Å². The van der Waals surface area contributed by atoms with Gasteiger partial charge in [0.05, 0.1) is 21.8 Å². The molecule has 7 heteroatoms. The van der Waals surface area contributed by atoms with Gasteiger partial charge in [0.15, 0.2) is 5.78 Å². The molecule has 0 saturated heterocycles. The van der Waals surface area contributed by atoms with Crippen molar-refractivity contribution in [1.29, 1.82) is 5.26 Å². The zero-order chi connectivity index (χ0) is 23.9. The molecule has 2 aliphatic rings. The van der Waals surface area contributed by atoms with Crippen LogP contribution in [0.4, 0.5) is 5.69 Å². The predicted octanol–water partition coefficient (Wildman–Crippen LogP) is 7.02. The predicted molar refractivity (Wildman–Crippen MR) is 139 cm³/mol. The number of Topliss-reactive ketones (excluding diaryl/α,β-unsaturated/α-hetero) is 1. The van der Waals surface area contributed by atoms with Crippen LogP contribution in [-0.4, -0.2) is 11.5 Å². The summed E-state index contributed by atoms with van der Waals surface area (Å²) in [6, 6.07) is 12.0. The number of hydrogen-bond donors (Lipinski definition) is 1. The summed E-state index contributed by atoms with van der Waals surface area (Å²) in [7, 11) is 0. The number of carbonyl (C=O) groups is 1. The van der Waals surface area contributed by atoms with E-state index in [9.17, 15) is 10.1 Å². The Bertz CT molecular complexity index is 1220. The third-order valence-corrected chi connectivity index (χ3v) is 8.87. The molecular formula is C26H28ClN3OS2. The molecule has 0 bridgehead atoms. The van der Waals surface area contributed by atoms with Crippen molar-refractivity contribution in [3.63, 3.8) is 0 Å². The molecule has 0 amide bonds. The monoisotopic (exact) mass is 497 g/mol. The Morgan fingerprint density at radius 3 is 2.70 bits per heavy atom. The van der Waals surface area contributed by atoms with Crippen LogP contribution in [0.5, 0.6) is 0 Å². The topological polar surface area (TPSA) is 70.1 Å². The fourth-order valence-electron chi connectivity index (χ4n) is 4.79. The molecule has 1 atom stereocenters. The number of thioether (sulfide) groups is 1. The summed E-state index contributed by atoms with van der Waals surface area (Å²) >= 11 is 9.83. The minimum absolute atomic E-state index is 0.0928. The van der Waals surface area contributed by atoms with Crippen LogP contribution < -0.4 is 10.6 Å². The molecule has 2 heterocycles. The number of benzene rings is 1. The summed E-state index contributed by atoms with van der Waals surface area (Å²) in [5.74, 6) is 0.960. The Labute approximate surface area is 209 Å². The fraction of sp³-hybridized carbons (Fsp3) is 0.385. The van der Waals surface area contributed by atoms with Crippen molar-refractivity contribution in [3.8, 4) is 6.07 Å². The highest BCUT2D eigenvalue weighted by atomic mass is 35.5. The van der Waals surface area contributed by atoms with Crippen molar-refractivity contribution < 1.29 is 4.79 Å². The molecule has 33 heavy (non-hydrogen) atoms.